The zero-order valence-corrected chi connectivity index (χ0v) is 20.7. The first-order valence-corrected chi connectivity index (χ1v) is 13.6. The number of nitrogens with two attached hydrogens (primary N) is 1. The fraction of sp³-hybridized carbons (Fsp3) is 0.931. The van der Waals surface area contributed by atoms with E-state index in [9.17, 15) is 0 Å². The summed E-state index contributed by atoms with van der Waals surface area (Å²) in [4.78, 5) is 0. The maximum absolute atomic E-state index is 7.12. The van der Waals surface area contributed by atoms with E-state index in [1.165, 1.54) is 76.2 Å². The van der Waals surface area contributed by atoms with Crippen LogP contribution in [-0.2, 0) is 0 Å². The van der Waals surface area contributed by atoms with E-state index in [1.807, 2.05) is 0 Å². The highest BCUT2D eigenvalue weighted by molar-refractivity contribution is 5.37. The van der Waals surface area contributed by atoms with E-state index < -0.39 is 0 Å². The van der Waals surface area contributed by atoms with Crippen LogP contribution >= 0.6 is 0 Å². The molecule has 1 nitrogen and oxygen atoms in total. The molecule has 170 valence electrons. The lowest BCUT2D eigenvalue weighted by Gasteiger charge is -2.49. The van der Waals surface area contributed by atoms with Gasteiger partial charge < -0.3 is 5.73 Å². The molecule has 2 spiro atoms. The summed E-state index contributed by atoms with van der Waals surface area (Å²) in [5.74, 6) is 5.89. The van der Waals surface area contributed by atoms with Gasteiger partial charge in [0, 0.05) is 6.04 Å². The third kappa shape index (κ3) is 2.51. The van der Waals surface area contributed by atoms with Crippen molar-refractivity contribution in [1.29, 1.82) is 0 Å². The van der Waals surface area contributed by atoms with Gasteiger partial charge in [-0.3, -0.25) is 0 Å². The van der Waals surface area contributed by atoms with Gasteiger partial charge in [-0.25, -0.2) is 0 Å². The minimum absolute atomic E-state index is 0.471. The predicted octanol–water partition coefficient (Wildman–Crippen LogP) is 7.60. The Balaban J connectivity index is 1.47. The molecule has 0 radical (unpaired) electrons. The molecule has 0 aromatic heterocycles. The second-order valence-electron chi connectivity index (χ2n) is 13.4. The van der Waals surface area contributed by atoms with Gasteiger partial charge in [0.05, 0.1) is 0 Å². The molecule has 0 amide bonds. The summed E-state index contributed by atoms with van der Waals surface area (Å²) < 4.78 is 0. The molecule has 0 aromatic carbocycles. The van der Waals surface area contributed by atoms with Crippen LogP contribution in [0.3, 0.4) is 0 Å². The van der Waals surface area contributed by atoms with Crippen molar-refractivity contribution < 1.29 is 0 Å². The maximum atomic E-state index is 7.12. The van der Waals surface area contributed by atoms with Gasteiger partial charge in [0.1, 0.15) is 0 Å². The number of hydrogen-bond acceptors (Lipinski definition) is 1. The van der Waals surface area contributed by atoms with Gasteiger partial charge in [-0.15, -0.1) is 0 Å². The van der Waals surface area contributed by atoms with Gasteiger partial charge in [-0.2, -0.15) is 0 Å². The summed E-state index contributed by atoms with van der Waals surface area (Å²) in [5, 5.41) is 0. The smallest absolute Gasteiger partial charge is 0.00814 e. The van der Waals surface area contributed by atoms with Gasteiger partial charge in [0.25, 0.3) is 0 Å². The zero-order chi connectivity index (χ0) is 21.5. The number of rotatable bonds is 6. The van der Waals surface area contributed by atoms with Gasteiger partial charge in [0.2, 0.25) is 0 Å². The van der Waals surface area contributed by atoms with Crippen molar-refractivity contribution in [3.8, 4) is 0 Å². The Bertz CT molecular complexity index is 694. The lowest BCUT2D eigenvalue weighted by Crippen LogP contribution is -2.47. The molecule has 2 N–H and O–H groups in total. The van der Waals surface area contributed by atoms with E-state index in [2.05, 4.69) is 41.2 Å². The van der Waals surface area contributed by atoms with Crippen molar-refractivity contribution in [2.45, 2.75) is 111 Å². The highest BCUT2D eigenvalue weighted by Crippen LogP contribution is 2.93. The van der Waals surface area contributed by atoms with E-state index in [0.29, 0.717) is 28.2 Å². The molecule has 30 heavy (non-hydrogen) atoms. The minimum Gasteiger partial charge on any atom is -0.327 e. The number of allylic oxidation sites excluding steroid dienone is 1. The quantitative estimate of drug-likeness (QED) is 0.447. The van der Waals surface area contributed by atoms with E-state index in [4.69, 9.17) is 5.73 Å². The zero-order valence-electron chi connectivity index (χ0n) is 20.7. The third-order valence-corrected chi connectivity index (χ3v) is 11.9. The second kappa shape index (κ2) is 7.10. The van der Waals surface area contributed by atoms with E-state index >= 15 is 0 Å². The molecular weight excluding hydrogens is 362 g/mol. The van der Waals surface area contributed by atoms with Crippen LogP contribution in [0.15, 0.2) is 12.2 Å². The molecule has 1 heteroatoms. The van der Waals surface area contributed by atoms with Crippen molar-refractivity contribution in [2.75, 3.05) is 0 Å². The summed E-state index contributed by atoms with van der Waals surface area (Å²) >= 11 is 0. The van der Waals surface area contributed by atoms with Crippen LogP contribution in [-0.4, -0.2) is 6.04 Å². The van der Waals surface area contributed by atoms with Gasteiger partial charge in [-0.05, 0) is 110 Å². The Morgan fingerprint density at radius 1 is 1.13 bits per heavy atom. The largest absolute Gasteiger partial charge is 0.327 e. The first-order chi connectivity index (χ1) is 14.2. The SMILES string of the molecule is C=C(C)C(CCCC(C)C)C1C(C)CC2(C)C1CC(N)C1C34CCCCC3CCC124. The lowest BCUT2D eigenvalue weighted by atomic mass is 9.56. The van der Waals surface area contributed by atoms with Crippen molar-refractivity contribution in [3.63, 3.8) is 0 Å². The Labute approximate surface area is 187 Å². The summed E-state index contributed by atoms with van der Waals surface area (Å²) in [6.45, 7) is 17.0. The average molecular weight is 412 g/mol. The van der Waals surface area contributed by atoms with E-state index in [0.717, 1.165) is 35.5 Å². The summed E-state index contributed by atoms with van der Waals surface area (Å²) in [6.07, 6.45) is 15.9. The highest BCUT2D eigenvalue weighted by Gasteiger charge is 2.89. The topological polar surface area (TPSA) is 26.0 Å². The predicted molar refractivity (Wildman–Crippen MR) is 128 cm³/mol. The molecular formula is C29H49N. The van der Waals surface area contributed by atoms with Gasteiger partial charge in [0.15, 0.2) is 0 Å². The second-order valence-corrected chi connectivity index (χ2v) is 13.4. The molecule has 5 aliphatic rings. The molecule has 5 aliphatic carbocycles. The summed E-state index contributed by atoms with van der Waals surface area (Å²) in [5.41, 5.74) is 10.4. The van der Waals surface area contributed by atoms with Crippen molar-refractivity contribution >= 4 is 0 Å². The molecule has 5 fully saturated rings. The maximum Gasteiger partial charge on any atom is 0.00814 e. The van der Waals surface area contributed by atoms with Crippen LogP contribution in [0.5, 0.6) is 0 Å². The van der Waals surface area contributed by atoms with E-state index in [1.54, 1.807) is 0 Å². The lowest BCUT2D eigenvalue weighted by molar-refractivity contribution is 0.00566. The molecule has 10 atom stereocenters. The Morgan fingerprint density at radius 2 is 1.90 bits per heavy atom. The van der Waals surface area contributed by atoms with Crippen LogP contribution in [0, 0.1) is 57.7 Å². The van der Waals surface area contributed by atoms with Crippen LogP contribution in [0.2, 0.25) is 0 Å². The van der Waals surface area contributed by atoms with Gasteiger partial charge in [-0.1, -0.05) is 65.5 Å². The molecule has 0 bridgehead atoms. The molecule has 5 saturated carbocycles. The van der Waals surface area contributed by atoms with Crippen LogP contribution < -0.4 is 5.73 Å². The van der Waals surface area contributed by atoms with Crippen LogP contribution in [0.4, 0.5) is 0 Å². The number of fused-ring (bicyclic) bond motifs is 1. The Morgan fingerprint density at radius 3 is 2.60 bits per heavy atom. The fourth-order valence-corrected chi connectivity index (χ4v) is 11.4. The molecule has 5 rings (SSSR count). The molecule has 10 unspecified atom stereocenters. The third-order valence-electron chi connectivity index (χ3n) is 11.9. The minimum atomic E-state index is 0.471. The standard InChI is InChI=1S/C29H49N/c1-18(2)10-9-12-22(19(3)4)25-20(5)17-27(6)23(25)16-24(30)26-28-14-8-7-11-21(28)13-15-29(26,27)28/h18,20-26H,3,7-17,30H2,1-2,4-6H3. The van der Waals surface area contributed by atoms with Crippen LogP contribution in [0.25, 0.3) is 0 Å². The summed E-state index contributed by atoms with van der Waals surface area (Å²) in [6, 6.07) is 0.471. The number of hydrogen-bond donors (Lipinski definition) is 1. The first-order valence-electron chi connectivity index (χ1n) is 13.6. The van der Waals surface area contributed by atoms with Crippen molar-refractivity contribution in [1.82, 2.24) is 0 Å². The fourth-order valence-electron chi connectivity index (χ4n) is 11.4. The molecule has 0 aromatic rings. The molecule has 0 heterocycles. The average Bonchev–Trinajstić information content (AvgIpc) is 2.97. The van der Waals surface area contributed by atoms with Crippen molar-refractivity contribution in [2.24, 2.45) is 63.4 Å². The molecule has 0 saturated heterocycles. The Hall–Kier alpha value is -0.300. The first kappa shape index (κ1) is 21.5. The summed E-state index contributed by atoms with van der Waals surface area (Å²) in [7, 11) is 0. The molecule has 0 aliphatic heterocycles. The van der Waals surface area contributed by atoms with Gasteiger partial charge >= 0.3 is 0 Å². The normalized spacial score (nSPS) is 52.4. The van der Waals surface area contributed by atoms with Crippen molar-refractivity contribution in [3.05, 3.63) is 12.2 Å². The van der Waals surface area contributed by atoms with Crippen LogP contribution in [0.1, 0.15) is 105 Å². The Kier molecular flexibility index (Phi) is 5.10. The monoisotopic (exact) mass is 411 g/mol. The highest BCUT2D eigenvalue weighted by atomic mass is 15.0. The van der Waals surface area contributed by atoms with E-state index in [-0.39, 0.29) is 0 Å².